The highest BCUT2D eigenvalue weighted by molar-refractivity contribution is 9.10. The van der Waals surface area contributed by atoms with Crippen LogP contribution in [0, 0.1) is 0 Å². The van der Waals surface area contributed by atoms with Crippen molar-refractivity contribution in [3.05, 3.63) is 28.2 Å². The van der Waals surface area contributed by atoms with Crippen molar-refractivity contribution in [1.82, 2.24) is 0 Å². The maximum absolute atomic E-state index is 5.88. The molecule has 0 heterocycles. The number of hydrogen-bond acceptors (Lipinski definition) is 1. The molecule has 0 aliphatic rings. The number of benzene rings is 1. The third-order valence-corrected chi connectivity index (χ3v) is 3.12. The predicted molar refractivity (Wildman–Crippen MR) is 68.7 cm³/mol. The van der Waals surface area contributed by atoms with Gasteiger partial charge in [-0.3, -0.25) is 0 Å². The third kappa shape index (κ3) is 3.69. The zero-order valence-electron chi connectivity index (χ0n) is 9.09. The average Bonchev–Trinajstić information content (AvgIpc) is 2.21. The molecule has 0 bridgehead atoms. The number of para-hydroxylation sites is 1. The first-order valence-corrected chi connectivity index (χ1v) is 6.51. The summed E-state index contributed by atoms with van der Waals surface area (Å²) >= 11 is 9.35. The Balaban J connectivity index is 2.82. The monoisotopic (exact) mass is 290 g/mol. The van der Waals surface area contributed by atoms with Crippen molar-refractivity contribution in [2.24, 2.45) is 0 Å². The molecule has 0 saturated carbocycles. The molecular weight excluding hydrogens is 275 g/mol. The maximum atomic E-state index is 5.88. The fraction of sp³-hybridized carbons (Fsp3) is 0.500. The number of halogens is 2. The summed E-state index contributed by atoms with van der Waals surface area (Å²) in [4.78, 5) is 0. The summed E-state index contributed by atoms with van der Waals surface area (Å²) < 4.78 is 6.85. The van der Waals surface area contributed by atoms with E-state index in [1.807, 2.05) is 18.2 Å². The highest BCUT2D eigenvalue weighted by Gasteiger charge is 2.10. The van der Waals surface area contributed by atoms with Crippen LogP contribution in [0.2, 0.25) is 0 Å². The van der Waals surface area contributed by atoms with E-state index < -0.39 is 0 Å². The zero-order valence-corrected chi connectivity index (χ0v) is 11.4. The van der Waals surface area contributed by atoms with Gasteiger partial charge in [-0.1, -0.05) is 25.5 Å². The van der Waals surface area contributed by atoms with Gasteiger partial charge in [0, 0.05) is 5.56 Å². The van der Waals surface area contributed by atoms with Gasteiger partial charge in [0.2, 0.25) is 0 Å². The Hall–Kier alpha value is -0.210. The molecule has 3 heteroatoms. The fourth-order valence-electron chi connectivity index (χ4n) is 1.46. The Kier molecular flexibility index (Phi) is 5.48. The Morgan fingerprint density at radius 3 is 2.80 bits per heavy atom. The van der Waals surface area contributed by atoms with Crippen LogP contribution in [0.4, 0.5) is 0 Å². The van der Waals surface area contributed by atoms with Crippen molar-refractivity contribution < 1.29 is 4.74 Å². The fourth-order valence-corrected chi connectivity index (χ4v) is 2.17. The van der Waals surface area contributed by atoms with E-state index in [0.717, 1.165) is 28.6 Å². The number of hydrogen-bond donors (Lipinski definition) is 0. The zero-order chi connectivity index (χ0) is 11.3. The lowest BCUT2D eigenvalue weighted by Crippen LogP contribution is -2.12. The molecule has 0 aliphatic heterocycles. The lowest BCUT2D eigenvalue weighted by Gasteiger charge is -2.17. The molecule has 1 unspecified atom stereocenters. The van der Waals surface area contributed by atoms with Crippen molar-refractivity contribution in [1.29, 1.82) is 0 Å². The molecule has 84 valence electrons. The molecule has 15 heavy (non-hydrogen) atoms. The van der Waals surface area contributed by atoms with Gasteiger partial charge < -0.3 is 4.74 Å². The molecule has 1 aromatic rings. The van der Waals surface area contributed by atoms with Crippen molar-refractivity contribution in [2.75, 3.05) is 0 Å². The van der Waals surface area contributed by atoms with Crippen molar-refractivity contribution in [2.45, 2.75) is 38.7 Å². The van der Waals surface area contributed by atoms with Crippen LogP contribution in [0.1, 0.15) is 32.3 Å². The van der Waals surface area contributed by atoms with Crippen molar-refractivity contribution in [3.63, 3.8) is 0 Å². The van der Waals surface area contributed by atoms with E-state index in [-0.39, 0.29) is 6.10 Å². The first kappa shape index (κ1) is 12.9. The summed E-state index contributed by atoms with van der Waals surface area (Å²) in [5, 5.41) is 0. The first-order valence-electron chi connectivity index (χ1n) is 5.19. The summed E-state index contributed by atoms with van der Waals surface area (Å²) in [5.74, 6) is 1.36. The molecule has 1 rings (SSSR count). The minimum absolute atomic E-state index is 0.232. The summed E-state index contributed by atoms with van der Waals surface area (Å²) in [7, 11) is 0. The smallest absolute Gasteiger partial charge is 0.138 e. The Morgan fingerprint density at radius 1 is 1.47 bits per heavy atom. The van der Waals surface area contributed by atoms with E-state index in [4.69, 9.17) is 16.3 Å². The second-order valence-corrected chi connectivity index (χ2v) is 4.70. The number of ether oxygens (including phenoxy) is 1. The molecule has 0 saturated heterocycles. The van der Waals surface area contributed by atoms with Crippen LogP contribution in [-0.2, 0) is 5.88 Å². The topological polar surface area (TPSA) is 9.23 Å². The summed E-state index contributed by atoms with van der Waals surface area (Å²) in [5.41, 5.74) is 1.04. The van der Waals surface area contributed by atoms with Crippen LogP contribution < -0.4 is 4.74 Å². The van der Waals surface area contributed by atoms with Crippen LogP contribution in [0.15, 0.2) is 22.7 Å². The quantitative estimate of drug-likeness (QED) is 0.711. The number of rotatable bonds is 5. The van der Waals surface area contributed by atoms with E-state index in [0.29, 0.717) is 5.88 Å². The van der Waals surface area contributed by atoms with Gasteiger partial charge >= 0.3 is 0 Å². The second kappa shape index (κ2) is 6.39. The molecule has 0 radical (unpaired) electrons. The lowest BCUT2D eigenvalue weighted by molar-refractivity contribution is 0.207. The molecule has 0 fully saturated rings. The van der Waals surface area contributed by atoms with Crippen LogP contribution in [0.3, 0.4) is 0 Å². The van der Waals surface area contributed by atoms with E-state index >= 15 is 0 Å². The normalized spacial score (nSPS) is 12.5. The Morgan fingerprint density at radius 2 is 2.20 bits per heavy atom. The largest absolute Gasteiger partial charge is 0.489 e. The predicted octanol–water partition coefficient (Wildman–Crippen LogP) is 4.76. The molecule has 0 N–H and O–H groups in total. The van der Waals surface area contributed by atoms with Crippen molar-refractivity contribution in [3.8, 4) is 5.75 Å². The Labute approximate surface area is 105 Å². The summed E-state index contributed by atoms with van der Waals surface area (Å²) in [6.45, 7) is 4.24. The second-order valence-electron chi connectivity index (χ2n) is 3.58. The molecule has 1 atom stereocenters. The van der Waals surface area contributed by atoms with E-state index in [1.54, 1.807) is 0 Å². The van der Waals surface area contributed by atoms with Gasteiger partial charge in [0.1, 0.15) is 5.75 Å². The minimum atomic E-state index is 0.232. The van der Waals surface area contributed by atoms with E-state index in [2.05, 4.69) is 29.8 Å². The average molecular weight is 292 g/mol. The van der Waals surface area contributed by atoms with Gasteiger partial charge in [0.05, 0.1) is 16.5 Å². The molecule has 1 aromatic carbocycles. The van der Waals surface area contributed by atoms with Crippen LogP contribution in [0.25, 0.3) is 0 Å². The molecule has 0 spiro atoms. The van der Waals surface area contributed by atoms with Crippen LogP contribution >= 0.6 is 27.5 Å². The van der Waals surface area contributed by atoms with E-state index in [9.17, 15) is 0 Å². The number of alkyl halides is 1. The van der Waals surface area contributed by atoms with Gasteiger partial charge in [-0.05, 0) is 35.3 Å². The van der Waals surface area contributed by atoms with Gasteiger partial charge in [-0.25, -0.2) is 0 Å². The van der Waals surface area contributed by atoms with E-state index in [1.165, 1.54) is 0 Å². The lowest BCUT2D eigenvalue weighted by atomic mass is 10.2. The van der Waals surface area contributed by atoms with Gasteiger partial charge in [-0.2, -0.15) is 0 Å². The minimum Gasteiger partial charge on any atom is -0.489 e. The molecule has 0 amide bonds. The van der Waals surface area contributed by atoms with Crippen LogP contribution in [-0.4, -0.2) is 6.10 Å². The summed E-state index contributed by atoms with van der Waals surface area (Å²) in [6, 6.07) is 5.94. The highest BCUT2D eigenvalue weighted by atomic mass is 79.9. The molecular formula is C12H16BrClO. The Bertz CT molecular complexity index is 314. The molecule has 0 aliphatic carbocycles. The van der Waals surface area contributed by atoms with Gasteiger partial charge in [0.25, 0.3) is 0 Å². The van der Waals surface area contributed by atoms with Crippen molar-refractivity contribution >= 4 is 27.5 Å². The summed E-state index contributed by atoms with van der Waals surface area (Å²) in [6.07, 6.45) is 2.42. The molecule has 0 aromatic heterocycles. The first-order chi connectivity index (χ1) is 7.19. The van der Waals surface area contributed by atoms with Crippen LogP contribution in [0.5, 0.6) is 5.75 Å². The SMILES string of the molecule is CCCC(C)Oc1c(Br)cccc1CCl. The highest BCUT2D eigenvalue weighted by Crippen LogP contribution is 2.31. The van der Waals surface area contributed by atoms with Gasteiger partial charge in [0.15, 0.2) is 0 Å². The standard InChI is InChI=1S/C12H16BrClO/c1-3-5-9(2)15-12-10(8-14)6-4-7-11(12)13/h4,6-7,9H,3,5,8H2,1-2H3. The van der Waals surface area contributed by atoms with Gasteiger partial charge in [-0.15, -0.1) is 11.6 Å². The maximum Gasteiger partial charge on any atom is 0.138 e. The molecule has 1 nitrogen and oxygen atoms in total. The third-order valence-electron chi connectivity index (χ3n) is 2.21.